The summed E-state index contributed by atoms with van der Waals surface area (Å²) in [6, 6.07) is 3.64. The highest BCUT2D eigenvalue weighted by atomic mass is 32.2. The lowest BCUT2D eigenvalue weighted by Crippen LogP contribution is -2.18. The first kappa shape index (κ1) is 27.7. The number of pyridine rings is 1. The predicted octanol–water partition coefficient (Wildman–Crippen LogP) is 2.55. The van der Waals surface area contributed by atoms with Gasteiger partial charge < -0.3 is 23.7 Å². The van der Waals surface area contributed by atoms with Crippen molar-refractivity contribution in [3.05, 3.63) is 46.1 Å². The second kappa shape index (κ2) is 11.8. The summed E-state index contributed by atoms with van der Waals surface area (Å²) < 4.78 is 86.9. The fraction of sp³-hybridized carbons (Fsp3) is 0.368. The number of aromatic nitrogens is 1. The number of benzene rings is 1. The van der Waals surface area contributed by atoms with Crippen LogP contribution in [0.2, 0.25) is 0 Å². The number of rotatable bonds is 12. The summed E-state index contributed by atoms with van der Waals surface area (Å²) in [5.74, 6) is -2.60. The highest BCUT2D eigenvalue weighted by molar-refractivity contribution is 7.91. The Bertz CT molecular complexity index is 1150. The van der Waals surface area contributed by atoms with E-state index in [0.717, 1.165) is 24.3 Å². The number of alkyl halides is 3. The lowest BCUT2D eigenvalue weighted by molar-refractivity contribution is -0.385. The van der Waals surface area contributed by atoms with E-state index in [1.54, 1.807) is 0 Å². The molecule has 35 heavy (non-hydrogen) atoms. The van der Waals surface area contributed by atoms with E-state index >= 15 is 0 Å². The van der Waals surface area contributed by atoms with Crippen molar-refractivity contribution in [2.45, 2.75) is 16.2 Å². The molecule has 0 fully saturated rings. The molecule has 1 aromatic heterocycles. The van der Waals surface area contributed by atoms with Crippen molar-refractivity contribution >= 4 is 21.5 Å². The standard InChI is InChI=1S/C19H19F3N2O10S/c1-30-7-9-32-17-15(11-14(24(26)27)16(23-17)18(25)33-10-8-31-2)35(28,29)13-5-3-12(4-6-13)34-19(20,21)22/h3-6,11H,7-10H2,1-2H3. The number of nitro groups is 1. The molecule has 0 spiro atoms. The fourth-order valence-electron chi connectivity index (χ4n) is 2.51. The molecule has 2 rings (SSSR count). The van der Waals surface area contributed by atoms with Crippen LogP contribution in [0.4, 0.5) is 18.9 Å². The molecule has 16 heteroatoms. The molecule has 0 N–H and O–H groups in total. The fourth-order valence-corrected chi connectivity index (χ4v) is 3.86. The van der Waals surface area contributed by atoms with Crippen molar-refractivity contribution in [3.8, 4) is 11.6 Å². The summed E-state index contributed by atoms with van der Waals surface area (Å²) in [5.41, 5.74) is -1.83. The summed E-state index contributed by atoms with van der Waals surface area (Å²) in [6.07, 6.45) is -5.00. The molecule has 0 atom stereocenters. The zero-order valence-corrected chi connectivity index (χ0v) is 19.1. The summed E-state index contributed by atoms with van der Waals surface area (Å²) in [4.78, 5) is 25.2. The Labute approximate surface area is 196 Å². The Kier molecular flexibility index (Phi) is 9.32. The van der Waals surface area contributed by atoms with Crippen LogP contribution in [0.15, 0.2) is 40.1 Å². The highest BCUT2D eigenvalue weighted by Crippen LogP contribution is 2.34. The number of sulfone groups is 1. The maximum Gasteiger partial charge on any atom is 0.573 e. The molecule has 0 aliphatic heterocycles. The monoisotopic (exact) mass is 524 g/mol. The normalized spacial score (nSPS) is 11.7. The molecule has 0 unspecified atom stereocenters. The molecule has 0 aliphatic carbocycles. The minimum Gasteiger partial charge on any atom is -0.474 e. The van der Waals surface area contributed by atoms with E-state index in [9.17, 15) is 36.5 Å². The average Bonchev–Trinajstić information content (AvgIpc) is 2.78. The van der Waals surface area contributed by atoms with Gasteiger partial charge in [0, 0.05) is 20.3 Å². The minimum absolute atomic E-state index is 0.0166. The van der Waals surface area contributed by atoms with Crippen molar-refractivity contribution in [2.75, 3.05) is 40.6 Å². The second-order valence-electron chi connectivity index (χ2n) is 6.41. The van der Waals surface area contributed by atoms with E-state index in [2.05, 4.69) is 9.72 Å². The van der Waals surface area contributed by atoms with Gasteiger partial charge in [0.05, 0.1) is 23.0 Å². The third-order valence-corrected chi connectivity index (χ3v) is 5.79. The smallest absolute Gasteiger partial charge is 0.474 e. The van der Waals surface area contributed by atoms with Gasteiger partial charge in [-0.15, -0.1) is 13.2 Å². The van der Waals surface area contributed by atoms with Crippen LogP contribution < -0.4 is 9.47 Å². The zero-order valence-electron chi connectivity index (χ0n) is 18.2. The summed E-state index contributed by atoms with van der Waals surface area (Å²) in [7, 11) is -1.97. The number of carbonyl (C=O) groups excluding carboxylic acids is 1. The van der Waals surface area contributed by atoms with Crippen LogP contribution in [-0.4, -0.2) is 71.3 Å². The van der Waals surface area contributed by atoms with Gasteiger partial charge in [-0.05, 0) is 24.3 Å². The third-order valence-electron chi connectivity index (χ3n) is 4.03. The third kappa shape index (κ3) is 7.49. The van der Waals surface area contributed by atoms with Crippen LogP contribution >= 0.6 is 0 Å². The van der Waals surface area contributed by atoms with Crippen LogP contribution in [0.25, 0.3) is 0 Å². The lowest BCUT2D eigenvalue weighted by atomic mass is 10.3. The van der Waals surface area contributed by atoms with E-state index in [-0.39, 0.29) is 26.4 Å². The van der Waals surface area contributed by atoms with Gasteiger partial charge in [-0.1, -0.05) is 0 Å². The van der Waals surface area contributed by atoms with Gasteiger partial charge in [-0.2, -0.15) is 4.98 Å². The molecule has 0 saturated carbocycles. The second-order valence-corrected chi connectivity index (χ2v) is 8.33. The van der Waals surface area contributed by atoms with Crippen LogP contribution in [0, 0.1) is 10.1 Å². The largest absolute Gasteiger partial charge is 0.573 e. The van der Waals surface area contributed by atoms with Crippen LogP contribution in [-0.2, 0) is 24.0 Å². The van der Waals surface area contributed by atoms with E-state index in [1.165, 1.54) is 14.2 Å². The predicted molar refractivity (Wildman–Crippen MR) is 109 cm³/mol. The highest BCUT2D eigenvalue weighted by Gasteiger charge is 2.34. The number of halogens is 3. The molecule has 1 heterocycles. The molecule has 1 aromatic carbocycles. The first-order valence-corrected chi connectivity index (χ1v) is 11.0. The van der Waals surface area contributed by atoms with Gasteiger partial charge in [-0.3, -0.25) is 10.1 Å². The number of hydrogen-bond acceptors (Lipinski definition) is 11. The molecular formula is C19H19F3N2O10S. The van der Waals surface area contributed by atoms with Crippen molar-refractivity contribution in [2.24, 2.45) is 0 Å². The van der Waals surface area contributed by atoms with Crippen LogP contribution in [0.5, 0.6) is 11.6 Å². The Morgan fingerprint density at radius 3 is 2.20 bits per heavy atom. The molecule has 12 nitrogen and oxygen atoms in total. The topological polar surface area (TPSA) is 153 Å². The Morgan fingerprint density at radius 1 is 1.06 bits per heavy atom. The van der Waals surface area contributed by atoms with Crippen molar-refractivity contribution in [1.82, 2.24) is 4.98 Å². The van der Waals surface area contributed by atoms with E-state index in [0.29, 0.717) is 6.07 Å². The molecule has 0 aliphatic rings. The Hall–Kier alpha value is -3.50. The van der Waals surface area contributed by atoms with Crippen LogP contribution in [0.3, 0.4) is 0 Å². The quantitative estimate of drug-likeness (QED) is 0.174. The average molecular weight is 524 g/mol. The van der Waals surface area contributed by atoms with Gasteiger partial charge >= 0.3 is 18.0 Å². The Morgan fingerprint density at radius 2 is 1.66 bits per heavy atom. The Balaban J connectivity index is 2.58. The van der Waals surface area contributed by atoms with Crippen molar-refractivity contribution in [1.29, 1.82) is 0 Å². The van der Waals surface area contributed by atoms with Crippen molar-refractivity contribution < 1.29 is 55.0 Å². The zero-order chi connectivity index (χ0) is 26.2. The SMILES string of the molecule is COCCOC(=O)c1nc(OCCOC)c(S(=O)(=O)c2ccc(OC(F)(F)F)cc2)cc1[N+](=O)[O-]. The molecule has 2 aromatic rings. The van der Waals surface area contributed by atoms with Crippen LogP contribution in [0.1, 0.15) is 10.5 Å². The number of methoxy groups -OCH3 is 2. The van der Waals surface area contributed by atoms with Gasteiger partial charge in [0.2, 0.25) is 21.4 Å². The van der Waals surface area contributed by atoms with Crippen molar-refractivity contribution in [3.63, 3.8) is 0 Å². The first-order valence-electron chi connectivity index (χ1n) is 9.49. The first-order chi connectivity index (χ1) is 16.4. The number of ether oxygens (including phenoxy) is 5. The molecule has 0 amide bonds. The summed E-state index contributed by atoms with van der Waals surface area (Å²) in [5, 5.41) is 11.6. The molecule has 192 valence electrons. The molecular weight excluding hydrogens is 505 g/mol. The number of hydrogen-bond donors (Lipinski definition) is 0. The molecule has 0 bridgehead atoms. The van der Waals surface area contributed by atoms with E-state index in [1.807, 2.05) is 0 Å². The van der Waals surface area contributed by atoms with E-state index in [4.69, 9.17) is 18.9 Å². The lowest BCUT2D eigenvalue weighted by Gasteiger charge is -2.13. The maximum atomic E-state index is 13.2. The van der Waals surface area contributed by atoms with Gasteiger partial charge in [0.1, 0.15) is 23.9 Å². The van der Waals surface area contributed by atoms with Gasteiger partial charge in [0.15, 0.2) is 0 Å². The number of esters is 1. The minimum atomic E-state index is -5.00. The van der Waals surface area contributed by atoms with Gasteiger partial charge in [0.25, 0.3) is 0 Å². The summed E-state index contributed by atoms with van der Waals surface area (Å²) in [6.45, 7) is -0.562. The molecule has 0 saturated heterocycles. The molecule has 0 radical (unpaired) electrons. The maximum absolute atomic E-state index is 13.2. The number of carbonyl (C=O) groups is 1. The van der Waals surface area contributed by atoms with E-state index < -0.39 is 59.9 Å². The summed E-state index contributed by atoms with van der Waals surface area (Å²) >= 11 is 0. The number of nitrogens with zero attached hydrogens (tertiary/aromatic N) is 2. The van der Waals surface area contributed by atoms with Gasteiger partial charge in [-0.25, -0.2) is 13.2 Å².